The number of hydrogen-bond acceptors (Lipinski definition) is 15. The van der Waals surface area contributed by atoms with Gasteiger partial charge in [0.1, 0.15) is 43.7 Å². The van der Waals surface area contributed by atoms with Crippen molar-refractivity contribution in [2.45, 2.75) is 115 Å². The highest BCUT2D eigenvalue weighted by atomic mass is 35.5. The highest BCUT2D eigenvalue weighted by molar-refractivity contribution is 7.80. The minimum atomic E-state index is -1.06. The highest BCUT2D eigenvalue weighted by Crippen LogP contribution is 2.24. The van der Waals surface area contributed by atoms with Crippen molar-refractivity contribution < 1.29 is 56.7 Å². The van der Waals surface area contributed by atoms with E-state index in [2.05, 4.69) is 29.8 Å². The fourth-order valence-corrected chi connectivity index (χ4v) is 10.3. The molecule has 2 aliphatic rings. The van der Waals surface area contributed by atoms with Crippen molar-refractivity contribution in [1.82, 2.24) is 44.9 Å². The van der Waals surface area contributed by atoms with E-state index in [0.717, 1.165) is 50.5 Å². The maximum atomic E-state index is 14.7. The van der Waals surface area contributed by atoms with Gasteiger partial charge in [-0.25, -0.2) is 0 Å². The lowest BCUT2D eigenvalue weighted by Crippen LogP contribution is -2.53. The molecule has 2 atom stereocenters. The molecule has 462 valence electrons. The summed E-state index contributed by atoms with van der Waals surface area (Å²) in [6, 6.07) is 12.8. The number of nitrogens with two attached hydrogens (primary N) is 2. The summed E-state index contributed by atoms with van der Waals surface area (Å²) in [4.78, 5) is 135. The predicted molar refractivity (Wildman–Crippen MR) is 319 cm³/mol. The zero-order valence-corrected chi connectivity index (χ0v) is 50.2. The standard InChI is InChI=1S/C59H86ClN11O12S/c1-3-5-9-27-66(36-51(72)64-50(43-84)59(62)80)53(74)37-67(28-10-8-24-61)55(76)40-68(33-47-16-11-29-81-47)56(77)38-65(26-4-2)54(75)39-69(34-48-17-12-30-82-48)57(78)41-70(35-49-18-13-31-83-49)58(79)42-71(46-14-6-7-15-46)52(73)32-63-25-23-44-19-21-45(60)22-20-44/h4,11-12,16-17,19-22,29-30,46,49-50,63,84H,2-3,5-10,13-15,18,23-28,31-43,61H2,1H3,(H2,62,80)(H,64,72)/t49?,50-/m1/s1. The monoisotopic (exact) mass is 1210 g/mol. The first-order valence-corrected chi connectivity index (χ1v) is 30.1. The summed E-state index contributed by atoms with van der Waals surface area (Å²) in [6.07, 6.45) is 12.4. The van der Waals surface area contributed by atoms with Crippen LogP contribution in [0.5, 0.6) is 0 Å². The molecule has 3 aromatic rings. The van der Waals surface area contributed by atoms with E-state index in [0.29, 0.717) is 68.3 Å². The number of furan rings is 2. The molecule has 2 aromatic heterocycles. The van der Waals surface area contributed by atoms with Crippen molar-refractivity contribution in [3.05, 3.63) is 95.8 Å². The van der Waals surface area contributed by atoms with Crippen LogP contribution >= 0.6 is 24.2 Å². The fourth-order valence-electron chi connectivity index (χ4n) is 9.93. The van der Waals surface area contributed by atoms with Gasteiger partial charge in [0.15, 0.2) is 0 Å². The molecule has 1 aromatic carbocycles. The second kappa shape index (κ2) is 36.9. The lowest BCUT2D eigenvalue weighted by atomic mass is 10.1. The Hall–Kier alpha value is -6.73. The second-order valence-corrected chi connectivity index (χ2v) is 22.0. The average Bonchev–Trinajstić information content (AvgIpc) is 4.50. The summed E-state index contributed by atoms with van der Waals surface area (Å²) in [5.74, 6) is -4.60. The summed E-state index contributed by atoms with van der Waals surface area (Å²) in [5.41, 5.74) is 12.3. The van der Waals surface area contributed by atoms with Crippen LogP contribution in [-0.2, 0) is 67.4 Å². The van der Waals surface area contributed by atoms with Crippen molar-refractivity contribution in [2.75, 3.05) is 104 Å². The van der Waals surface area contributed by atoms with Crippen molar-refractivity contribution in [3.63, 3.8) is 0 Å². The van der Waals surface area contributed by atoms with Gasteiger partial charge in [-0.2, -0.15) is 12.6 Å². The second-order valence-electron chi connectivity index (χ2n) is 21.2. The Morgan fingerprint density at radius 2 is 1.24 bits per heavy atom. The zero-order valence-electron chi connectivity index (χ0n) is 48.5. The molecule has 5 rings (SSSR count). The highest BCUT2D eigenvalue weighted by Gasteiger charge is 2.35. The minimum absolute atomic E-state index is 0.0113. The predicted octanol–water partition coefficient (Wildman–Crippen LogP) is 3.00. The number of carbonyl (C=O) groups excluding carboxylic acids is 9. The summed E-state index contributed by atoms with van der Waals surface area (Å²) in [5, 5.41) is 6.37. The number of primary amides is 1. The van der Waals surface area contributed by atoms with Crippen LogP contribution in [-0.4, -0.2) is 210 Å². The Morgan fingerprint density at radius 1 is 0.690 bits per heavy atom. The first-order valence-electron chi connectivity index (χ1n) is 29.1. The molecular formula is C59H86ClN11O12S. The molecular weight excluding hydrogens is 1120 g/mol. The molecule has 84 heavy (non-hydrogen) atoms. The van der Waals surface area contributed by atoms with Crippen LogP contribution in [0.1, 0.15) is 94.6 Å². The number of unbranched alkanes of at least 4 members (excludes halogenated alkanes) is 3. The van der Waals surface area contributed by atoms with Gasteiger partial charge in [-0.15, -0.1) is 6.58 Å². The third kappa shape index (κ3) is 23.4. The van der Waals surface area contributed by atoms with Crippen LogP contribution in [0.15, 0.2) is 82.5 Å². The summed E-state index contributed by atoms with van der Waals surface area (Å²) in [7, 11) is 0. The van der Waals surface area contributed by atoms with Gasteiger partial charge in [-0.1, -0.05) is 62.4 Å². The number of rotatable bonds is 39. The lowest BCUT2D eigenvalue weighted by molar-refractivity contribution is -0.149. The van der Waals surface area contributed by atoms with Crippen LogP contribution < -0.4 is 22.1 Å². The number of nitrogens with zero attached hydrogens (tertiary/aromatic N) is 7. The van der Waals surface area contributed by atoms with Crippen LogP contribution in [0.4, 0.5) is 0 Å². The third-order valence-corrected chi connectivity index (χ3v) is 15.3. The van der Waals surface area contributed by atoms with Gasteiger partial charge in [0, 0.05) is 49.6 Å². The number of hydrogen-bond donors (Lipinski definition) is 5. The fraction of sp³-hybridized carbons (Fsp3) is 0.576. The van der Waals surface area contributed by atoms with Crippen molar-refractivity contribution in [1.29, 1.82) is 0 Å². The molecule has 1 saturated heterocycles. The number of benzene rings is 1. The van der Waals surface area contributed by atoms with Crippen LogP contribution in [0.25, 0.3) is 0 Å². The topological polar surface area (TPSA) is 288 Å². The van der Waals surface area contributed by atoms with Gasteiger partial charge in [0.25, 0.3) is 0 Å². The Balaban J connectivity index is 1.33. The summed E-state index contributed by atoms with van der Waals surface area (Å²) < 4.78 is 17.2. The SMILES string of the molecule is C=CCN(CC(=O)N(CC(=O)N(CCCCN)CC(=O)N(CCCCC)CC(=O)N[C@H](CS)C(N)=O)Cc1ccco1)C(=O)CN(Cc1ccco1)C(=O)CN(CC1CCCO1)C(=O)CN(C(=O)CNCCc1ccc(Cl)cc1)C1CCCC1. The molecule has 2 fully saturated rings. The number of amides is 9. The Morgan fingerprint density at radius 3 is 1.77 bits per heavy atom. The van der Waals surface area contributed by atoms with Gasteiger partial charge in [-0.05, 0) is 106 Å². The van der Waals surface area contributed by atoms with E-state index >= 15 is 0 Å². The van der Waals surface area contributed by atoms with Crippen LogP contribution in [0.2, 0.25) is 5.02 Å². The van der Waals surface area contributed by atoms with Gasteiger partial charge in [0.2, 0.25) is 53.2 Å². The largest absolute Gasteiger partial charge is 0.467 e. The van der Waals surface area contributed by atoms with Crippen molar-refractivity contribution in [2.24, 2.45) is 11.5 Å². The minimum Gasteiger partial charge on any atom is -0.467 e. The third-order valence-electron chi connectivity index (χ3n) is 14.7. The van der Waals surface area contributed by atoms with E-state index in [9.17, 15) is 43.2 Å². The number of thiol groups is 1. The zero-order chi connectivity index (χ0) is 60.8. The molecule has 0 radical (unpaired) electrons. The smallest absolute Gasteiger partial charge is 0.243 e. The Bertz CT molecular complexity index is 2560. The number of nitrogens with one attached hydrogen (secondary N) is 2. The van der Waals surface area contributed by atoms with Gasteiger partial charge >= 0.3 is 0 Å². The molecule has 6 N–H and O–H groups in total. The van der Waals surface area contributed by atoms with E-state index in [1.54, 1.807) is 29.2 Å². The van der Waals surface area contributed by atoms with E-state index in [4.69, 9.17) is 36.6 Å². The maximum absolute atomic E-state index is 14.7. The van der Waals surface area contributed by atoms with Crippen LogP contribution in [0, 0.1) is 0 Å². The molecule has 3 heterocycles. The molecule has 23 nitrogen and oxygen atoms in total. The van der Waals surface area contributed by atoms with E-state index in [-0.39, 0.29) is 76.2 Å². The summed E-state index contributed by atoms with van der Waals surface area (Å²) in [6.45, 7) is 3.70. The summed E-state index contributed by atoms with van der Waals surface area (Å²) >= 11 is 10.2. The molecule has 0 spiro atoms. The average molecular weight is 1210 g/mol. The number of halogens is 1. The molecule has 1 unspecified atom stereocenters. The van der Waals surface area contributed by atoms with Crippen LogP contribution in [0.3, 0.4) is 0 Å². The Kier molecular flexibility index (Phi) is 29.9. The van der Waals surface area contributed by atoms with Crippen molar-refractivity contribution >= 4 is 77.4 Å². The quantitative estimate of drug-likeness (QED) is 0.0312. The molecule has 1 aliphatic carbocycles. The lowest BCUT2D eigenvalue weighted by Gasteiger charge is -2.33. The normalized spacial score (nSPS) is 14.3. The number of ether oxygens (including phenoxy) is 1. The molecule has 25 heteroatoms. The van der Waals surface area contributed by atoms with Crippen molar-refractivity contribution in [3.8, 4) is 0 Å². The first-order chi connectivity index (χ1) is 40.5. The van der Waals surface area contributed by atoms with Gasteiger partial charge in [-0.3, -0.25) is 43.2 Å². The van der Waals surface area contributed by atoms with E-state index in [1.807, 2.05) is 31.2 Å². The van der Waals surface area contributed by atoms with E-state index in [1.165, 1.54) is 48.0 Å². The molecule has 0 bridgehead atoms. The molecule has 1 saturated carbocycles. The first kappa shape index (κ1) is 68.1. The van der Waals surface area contributed by atoms with E-state index < -0.39 is 92.6 Å². The maximum Gasteiger partial charge on any atom is 0.243 e. The molecule has 9 amide bonds. The number of carbonyl (C=O) groups is 9. The van der Waals surface area contributed by atoms with Gasteiger partial charge in [0.05, 0.1) is 57.9 Å². The van der Waals surface area contributed by atoms with Gasteiger partial charge < -0.3 is 70.0 Å². The Labute approximate surface area is 503 Å². The molecule has 1 aliphatic heterocycles.